The number of hydrogen-bond donors (Lipinski definition) is 4. The van der Waals surface area contributed by atoms with E-state index in [0.29, 0.717) is 32.2 Å². The van der Waals surface area contributed by atoms with Crippen LogP contribution in [0.5, 0.6) is 0 Å². The quantitative estimate of drug-likeness (QED) is 0.377. The molecule has 1 aromatic heterocycles. The lowest BCUT2D eigenvalue weighted by atomic mass is 9.84. The van der Waals surface area contributed by atoms with Crippen LogP contribution in [0.3, 0.4) is 0 Å². The first-order chi connectivity index (χ1) is 16.1. The van der Waals surface area contributed by atoms with Gasteiger partial charge in [-0.15, -0.1) is 11.3 Å². The molecule has 10 heteroatoms. The molecule has 0 saturated carbocycles. The maximum absolute atomic E-state index is 12.9. The monoisotopic (exact) mass is 488 g/mol. The van der Waals surface area contributed by atoms with Gasteiger partial charge in [-0.3, -0.25) is 9.69 Å². The molecule has 1 aliphatic heterocycles. The summed E-state index contributed by atoms with van der Waals surface area (Å²) in [5.74, 6) is -0.182. The second kappa shape index (κ2) is 11.1. The molecule has 1 fully saturated rings. The number of nitrogens with zero attached hydrogens (tertiary/aromatic N) is 2. The number of carbonyl (C=O) groups is 3. The summed E-state index contributed by atoms with van der Waals surface area (Å²) < 4.78 is 0. The van der Waals surface area contributed by atoms with Crippen molar-refractivity contribution >= 4 is 29.6 Å². The minimum Gasteiger partial charge on any atom is -0.465 e. The number of aliphatic hydroxyl groups is 1. The number of thiazole rings is 1. The van der Waals surface area contributed by atoms with Crippen LogP contribution in [0, 0.1) is 12.3 Å². The van der Waals surface area contributed by atoms with Gasteiger partial charge in [0.1, 0.15) is 6.29 Å². The van der Waals surface area contributed by atoms with Gasteiger partial charge in [-0.1, -0.05) is 38.1 Å². The van der Waals surface area contributed by atoms with Crippen molar-refractivity contribution in [1.82, 2.24) is 20.5 Å². The zero-order valence-corrected chi connectivity index (χ0v) is 20.5. The Labute approximate surface area is 203 Å². The Morgan fingerprint density at radius 2 is 2.03 bits per heavy atom. The lowest BCUT2D eigenvalue weighted by Crippen LogP contribution is -2.53. The predicted octanol–water partition coefficient (Wildman–Crippen LogP) is 2.07. The fraction of sp³-hybridized carbons (Fsp3) is 0.500. The topological polar surface area (TPSA) is 132 Å². The minimum absolute atomic E-state index is 0.182. The van der Waals surface area contributed by atoms with Gasteiger partial charge in [0.2, 0.25) is 5.91 Å². The van der Waals surface area contributed by atoms with E-state index in [-0.39, 0.29) is 12.5 Å². The fourth-order valence-corrected chi connectivity index (χ4v) is 5.16. The molecule has 2 heterocycles. The van der Waals surface area contributed by atoms with Crippen LogP contribution in [-0.2, 0) is 16.0 Å². The van der Waals surface area contributed by atoms with Gasteiger partial charge in [0.15, 0.2) is 0 Å². The van der Waals surface area contributed by atoms with Crippen LogP contribution in [0.2, 0.25) is 0 Å². The Hall–Kier alpha value is -2.82. The number of aliphatic hydroxyl groups excluding tert-OH is 1. The van der Waals surface area contributed by atoms with E-state index in [1.807, 2.05) is 29.5 Å². The van der Waals surface area contributed by atoms with Crippen molar-refractivity contribution in [3.8, 4) is 10.4 Å². The van der Waals surface area contributed by atoms with Gasteiger partial charge < -0.3 is 25.6 Å². The standard InChI is InChI=1S/C24H32N4O5S/c1-15-21(34-14-26-15)17-6-4-16(5-7-17)8-9-25-22(31)19-10-18(30)11-28(19)13-24(2,3)20(12-29)27-23(32)33/h4-7,12,14,18-20,27,30H,8-11,13H2,1-3H3,(H,25,31)(H,32,33)/t18-,19-,20+/m0/s1. The number of benzene rings is 1. The Morgan fingerprint density at radius 1 is 1.32 bits per heavy atom. The molecule has 3 atom stereocenters. The highest BCUT2D eigenvalue weighted by Gasteiger charge is 2.41. The SMILES string of the molecule is Cc1ncsc1-c1ccc(CCNC(=O)[C@@H]2C[C@H](O)CN2CC(C)(C)[C@@H](C=O)NC(=O)O)cc1. The second-order valence-electron chi connectivity index (χ2n) is 9.39. The molecule has 0 aliphatic carbocycles. The first-order valence-electron chi connectivity index (χ1n) is 11.2. The number of aldehydes is 1. The van der Waals surface area contributed by atoms with E-state index < -0.39 is 29.7 Å². The van der Waals surface area contributed by atoms with Gasteiger partial charge in [0, 0.05) is 25.0 Å². The van der Waals surface area contributed by atoms with Crippen molar-refractivity contribution in [2.75, 3.05) is 19.6 Å². The molecule has 9 nitrogen and oxygen atoms in total. The number of amides is 2. The molecule has 0 bridgehead atoms. The molecule has 1 aromatic carbocycles. The van der Waals surface area contributed by atoms with E-state index in [1.165, 1.54) is 0 Å². The first-order valence-corrected chi connectivity index (χ1v) is 12.1. The number of carbonyl (C=O) groups excluding carboxylic acids is 2. The second-order valence-corrected chi connectivity index (χ2v) is 10.2. The highest BCUT2D eigenvalue weighted by atomic mass is 32.1. The molecule has 4 N–H and O–H groups in total. The molecule has 1 saturated heterocycles. The zero-order valence-electron chi connectivity index (χ0n) is 19.7. The van der Waals surface area contributed by atoms with Gasteiger partial charge in [0.25, 0.3) is 0 Å². The van der Waals surface area contributed by atoms with Crippen LogP contribution in [0.15, 0.2) is 29.8 Å². The summed E-state index contributed by atoms with van der Waals surface area (Å²) in [4.78, 5) is 42.6. The summed E-state index contributed by atoms with van der Waals surface area (Å²) in [6, 6.07) is 6.74. The first kappa shape index (κ1) is 25.8. The van der Waals surface area contributed by atoms with E-state index >= 15 is 0 Å². The van der Waals surface area contributed by atoms with Gasteiger partial charge in [-0.25, -0.2) is 9.78 Å². The van der Waals surface area contributed by atoms with Crippen molar-refractivity contribution in [1.29, 1.82) is 0 Å². The third-order valence-electron chi connectivity index (χ3n) is 6.23. The molecule has 0 radical (unpaired) electrons. The molecule has 3 rings (SSSR count). The number of hydrogen-bond acceptors (Lipinski definition) is 7. The molecule has 34 heavy (non-hydrogen) atoms. The van der Waals surface area contributed by atoms with E-state index in [0.717, 1.165) is 21.7 Å². The smallest absolute Gasteiger partial charge is 0.405 e. The molecule has 184 valence electrons. The number of rotatable bonds is 10. The summed E-state index contributed by atoms with van der Waals surface area (Å²) in [7, 11) is 0. The van der Waals surface area contributed by atoms with Gasteiger partial charge in [-0.2, -0.15) is 0 Å². The lowest BCUT2D eigenvalue weighted by molar-refractivity contribution is -0.126. The summed E-state index contributed by atoms with van der Waals surface area (Å²) in [5, 5.41) is 24.4. The van der Waals surface area contributed by atoms with Crippen LogP contribution in [-0.4, -0.2) is 76.2 Å². The molecule has 2 amide bonds. The summed E-state index contributed by atoms with van der Waals surface area (Å²) in [6.07, 6.45) is -0.405. The third kappa shape index (κ3) is 6.40. The summed E-state index contributed by atoms with van der Waals surface area (Å²) in [5.41, 5.74) is 4.30. The largest absolute Gasteiger partial charge is 0.465 e. The molecule has 0 spiro atoms. The molecule has 2 aromatic rings. The third-order valence-corrected chi connectivity index (χ3v) is 7.20. The van der Waals surface area contributed by atoms with Crippen molar-refractivity contribution in [3.05, 3.63) is 41.0 Å². The molecule has 1 aliphatic rings. The fourth-order valence-electron chi connectivity index (χ4n) is 4.34. The molecular formula is C24H32N4O5S. The predicted molar refractivity (Wildman–Crippen MR) is 130 cm³/mol. The van der Waals surface area contributed by atoms with Gasteiger partial charge in [0.05, 0.1) is 34.3 Å². The zero-order chi connectivity index (χ0) is 24.9. The van der Waals surface area contributed by atoms with Crippen LogP contribution in [0.25, 0.3) is 10.4 Å². The number of aryl methyl sites for hydroxylation is 1. The Balaban J connectivity index is 1.55. The number of carboxylic acid groups (broad SMARTS) is 1. The summed E-state index contributed by atoms with van der Waals surface area (Å²) >= 11 is 1.61. The molecular weight excluding hydrogens is 456 g/mol. The van der Waals surface area contributed by atoms with Crippen LogP contribution in [0.1, 0.15) is 31.5 Å². The average molecular weight is 489 g/mol. The normalized spacial score (nSPS) is 19.5. The lowest BCUT2D eigenvalue weighted by Gasteiger charge is -2.36. The Bertz CT molecular complexity index is 1010. The number of nitrogens with one attached hydrogen (secondary N) is 2. The number of β-amino-alcohol motifs (C(OH)–C–C–N with tert-alkyl or cyclic N) is 1. The van der Waals surface area contributed by atoms with Crippen LogP contribution in [0.4, 0.5) is 4.79 Å². The summed E-state index contributed by atoms with van der Waals surface area (Å²) in [6.45, 7) is 6.54. The van der Waals surface area contributed by atoms with Gasteiger partial charge >= 0.3 is 6.09 Å². The highest BCUT2D eigenvalue weighted by Crippen LogP contribution is 2.28. The maximum atomic E-state index is 12.9. The van der Waals surface area contributed by atoms with E-state index in [9.17, 15) is 19.5 Å². The molecule has 0 unspecified atom stereocenters. The van der Waals surface area contributed by atoms with Crippen molar-refractivity contribution in [2.24, 2.45) is 5.41 Å². The van der Waals surface area contributed by atoms with Gasteiger partial charge in [-0.05, 0) is 30.9 Å². The van der Waals surface area contributed by atoms with E-state index in [2.05, 4.69) is 27.8 Å². The Kier molecular flexibility index (Phi) is 8.40. The van der Waals surface area contributed by atoms with Crippen LogP contribution >= 0.6 is 11.3 Å². The number of likely N-dealkylation sites (tertiary alicyclic amines) is 1. The van der Waals surface area contributed by atoms with Crippen LogP contribution < -0.4 is 10.6 Å². The van der Waals surface area contributed by atoms with Crippen molar-refractivity contribution in [3.63, 3.8) is 0 Å². The minimum atomic E-state index is -1.28. The maximum Gasteiger partial charge on any atom is 0.405 e. The van der Waals surface area contributed by atoms with Crippen molar-refractivity contribution < 1.29 is 24.6 Å². The van der Waals surface area contributed by atoms with E-state index in [1.54, 1.807) is 25.2 Å². The average Bonchev–Trinajstić information content (AvgIpc) is 3.36. The van der Waals surface area contributed by atoms with Crippen molar-refractivity contribution in [2.45, 2.75) is 51.8 Å². The highest BCUT2D eigenvalue weighted by molar-refractivity contribution is 7.13. The van der Waals surface area contributed by atoms with E-state index in [4.69, 9.17) is 5.11 Å². The Morgan fingerprint density at radius 3 is 2.62 bits per heavy atom. The number of aromatic nitrogens is 1.